The van der Waals surface area contributed by atoms with Gasteiger partial charge in [-0.05, 0) is 18.7 Å². The number of rotatable bonds is 11. The summed E-state index contributed by atoms with van der Waals surface area (Å²) in [5.41, 5.74) is 0. The predicted octanol–water partition coefficient (Wildman–Crippen LogP) is 1.24. The number of aliphatic hydroxyl groups excluding tert-OH is 1. The topological polar surface area (TPSA) is 62.2 Å². The molecule has 0 heterocycles. The van der Waals surface area contributed by atoms with Crippen LogP contribution in [0, 0.1) is 0 Å². The lowest BCUT2D eigenvalue weighted by Crippen LogP contribution is -2.37. The Morgan fingerprint density at radius 2 is 1.96 bits per heavy atom. The summed E-state index contributed by atoms with van der Waals surface area (Å²) in [6.07, 6.45) is 0.333. The van der Waals surface area contributed by atoms with Crippen molar-refractivity contribution >= 4 is 5.91 Å². The molecule has 0 aromatic heterocycles. The number of ether oxygens (including phenoxy) is 2. The molecule has 0 radical (unpaired) electrons. The zero-order valence-corrected chi connectivity index (χ0v) is 14.3. The van der Waals surface area contributed by atoms with E-state index in [1.165, 1.54) is 0 Å². The fourth-order valence-corrected chi connectivity index (χ4v) is 2.12. The molecule has 23 heavy (non-hydrogen) atoms. The maximum atomic E-state index is 12.1. The molecular formula is C17H28N2O4. The van der Waals surface area contributed by atoms with Gasteiger partial charge in [-0.25, -0.2) is 0 Å². The molecule has 1 aromatic rings. The van der Waals surface area contributed by atoms with Gasteiger partial charge in [0.25, 0.3) is 0 Å². The van der Waals surface area contributed by atoms with Crippen molar-refractivity contribution in [1.82, 2.24) is 9.80 Å². The molecule has 0 bridgehead atoms. The Kier molecular flexibility index (Phi) is 9.09. The first-order chi connectivity index (χ1) is 11.1. The van der Waals surface area contributed by atoms with Gasteiger partial charge in [0, 0.05) is 32.7 Å². The summed E-state index contributed by atoms with van der Waals surface area (Å²) in [6.45, 7) is 5.42. The summed E-state index contributed by atoms with van der Waals surface area (Å²) in [6, 6.07) is 7.33. The molecule has 130 valence electrons. The van der Waals surface area contributed by atoms with E-state index in [4.69, 9.17) is 14.6 Å². The highest BCUT2D eigenvalue weighted by Crippen LogP contribution is 2.18. The lowest BCUT2D eigenvalue weighted by Gasteiger charge is -2.23. The Balaban J connectivity index is 2.29. The molecule has 0 aliphatic heterocycles. The fourth-order valence-electron chi connectivity index (χ4n) is 2.12. The van der Waals surface area contributed by atoms with E-state index in [9.17, 15) is 4.79 Å². The number of nitrogens with zero attached hydrogens (tertiary/aromatic N) is 2. The molecule has 1 aromatic carbocycles. The lowest BCUT2D eigenvalue weighted by molar-refractivity contribution is -0.130. The fraction of sp³-hybridized carbons (Fsp3) is 0.588. The van der Waals surface area contributed by atoms with Gasteiger partial charge in [-0.3, -0.25) is 9.69 Å². The number of amides is 1. The van der Waals surface area contributed by atoms with Gasteiger partial charge in [0.05, 0.1) is 26.7 Å². The van der Waals surface area contributed by atoms with Gasteiger partial charge in [0.15, 0.2) is 0 Å². The normalized spacial score (nSPS) is 10.7. The molecule has 6 nitrogen and oxygen atoms in total. The number of hydrogen-bond donors (Lipinski definition) is 1. The standard InChI is InChI=1S/C17H28N2O4/c1-4-19(11-12-20)10-9-18(2)17(21)8-13-23-16-7-5-6-15(14-16)22-3/h5-7,14,20H,4,8-13H2,1-3H3. The molecule has 0 aliphatic rings. The molecule has 1 amide bonds. The van der Waals surface area contributed by atoms with Crippen LogP contribution in [0.3, 0.4) is 0 Å². The first-order valence-corrected chi connectivity index (χ1v) is 7.94. The summed E-state index contributed by atoms with van der Waals surface area (Å²) >= 11 is 0. The average Bonchev–Trinajstić information content (AvgIpc) is 2.58. The third-order valence-corrected chi connectivity index (χ3v) is 3.67. The van der Waals surface area contributed by atoms with E-state index in [1.807, 2.05) is 25.1 Å². The third kappa shape index (κ3) is 7.34. The van der Waals surface area contributed by atoms with Crippen LogP contribution in [0.15, 0.2) is 24.3 Å². The quantitative estimate of drug-likeness (QED) is 0.663. The molecule has 0 fully saturated rings. The highest BCUT2D eigenvalue weighted by molar-refractivity contribution is 5.75. The maximum Gasteiger partial charge on any atom is 0.225 e. The summed E-state index contributed by atoms with van der Waals surface area (Å²) in [5, 5.41) is 8.96. The summed E-state index contributed by atoms with van der Waals surface area (Å²) in [4.78, 5) is 15.9. The van der Waals surface area contributed by atoms with Gasteiger partial charge >= 0.3 is 0 Å². The Bertz CT molecular complexity index is 468. The number of aliphatic hydroxyl groups is 1. The van der Waals surface area contributed by atoms with Crippen molar-refractivity contribution in [2.45, 2.75) is 13.3 Å². The monoisotopic (exact) mass is 324 g/mol. The number of hydrogen-bond acceptors (Lipinski definition) is 5. The van der Waals surface area contributed by atoms with Crippen LogP contribution in [0.1, 0.15) is 13.3 Å². The zero-order valence-electron chi connectivity index (χ0n) is 14.3. The van der Waals surface area contributed by atoms with Gasteiger partial charge < -0.3 is 19.5 Å². The largest absolute Gasteiger partial charge is 0.497 e. The molecule has 0 spiro atoms. The van der Waals surface area contributed by atoms with Crippen LogP contribution in [0.25, 0.3) is 0 Å². The van der Waals surface area contributed by atoms with Crippen LogP contribution < -0.4 is 9.47 Å². The number of benzene rings is 1. The molecule has 0 atom stereocenters. The van der Waals surface area contributed by atoms with E-state index in [0.29, 0.717) is 31.9 Å². The van der Waals surface area contributed by atoms with E-state index >= 15 is 0 Å². The highest BCUT2D eigenvalue weighted by atomic mass is 16.5. The van der Waals surface area contributed by atoms with Crippen molar-refractivity contribution in [3.8, 4) is 11.5 Å². The number of carbonyl (C=O) groups excluding carboxylic acids is 1. The molecule has 1 rings (SSSR count). The Labute approximate surface area is 138 Å². The van der Waals surface area contributed by atoms with Crippen molar-refractivity contribution < 1.29 is 19.4 Å². The van der Waals surface area contributed by atoms with Gasteiger partial charge in [-0.2, -0.15) is 0 Å². The van der Waals surface area contributed by atoms with E-state index in [2.05, 4.69) is 4.90 Å². The minimum atomic E-state index is 0.0490. The lowest BCUT2D eigenvalue weighted by atomic mass is 10.3. The number of carbonyl (C=O) groups is 1. The van der Waals surface area contributed by atoms with Gasteiger partial charge in [0.2, 0.25) is 5.91 Å². The molecule has 0 saturated carbocycles. The zero-order chi connectivity index (χ0) is 17.1. The van der Waals surface area contributed by atoms with Crippen molar-refractivity contribution in [3.05, 3.63) is 24.3 Å². The maximum absolute atomic E-state index is 12.1. The first kappa shape index (κ1) is 19.3. The van der Waals surface area contributed by atoms with Crippen LogP contribution >= 0.6 is 0 Å². The Morgan fingerprint density at radius 3 is 2.61 bits per heavy atom. The van der Waals surface area contributed by atoms with Gasteiger partial charge in [0.1, 0.15) is 11.5 Å². The minimum absolute atomic E-state index is 0.0490. The van der Waals surface area contributed by atoms with Crippen LogP contribution in [0.5, 0.6) is 11.5 Å². The molecule has 1 N–H and O–H groups in total. The summed E-state index contributed by atoms with van der Waals surface area (Å²) in [7, 11) is 3.40. The Hall–Kier alpha value is -1.79. The van der Waals surface area contributed by atoms with Crippen molar-refractivity contribution in [3.63, 3.8) is 0 Å². The van der Waals surface area contributed by atoms with Crippen LogP contribution in [0.4, 0.5) is 0 Å². The van der Waals surface area contributed by atoms with Crippen molar-refractivity contribution in [2.75, 3.05) is 53.6 Å². The second kappa shape index (κ2) is 10.9. The summed E-state index contributed by atoms with van der Waals surface area (Å²) < 4.78 is 10.7. The molecule has 0 unspecified atom stereocenters. The van der Waals surface area contributed by atoms with Gasteiger partial charge in [-0.1, -0.05) is 13.0 Å². The Morgan fingerprint density at radius 1 is 1.22 bits per heavy atom. The number of likely N-dealkylation sites (N-methyl/N-ethyl adjacent to an activating group) is 2. The molecular weight excluding hydrogens is 296 g/mol. The van der Waals surface area contributed by atoms with Gasteiger partial charge in [-0.15, -0.1) is 0 Å². The SMILES string of the molecule is CCN(CCO)CCN(C)C(=O)CCOc1cccc(OC)c1. The number of methoxy groups -OCH3 is 1. The molecule has 6 heteroatoms. The second-order valence-corrected chi connectivity index (χ2v) is 5.25. The van der Waals surface area contributed by atoms with E-state index < -0.39 is 0 Å². The van der Waals surface area contributed by atoms with Crippen molar-refractivity contribution in [1.29, 1.82) is 0 Å². The first-order valence-electron chi connectivity index (χ1n) is 7.94. The molecule has 0 aliphatic carbocycles. The molecule has 0 saturated heterocycles. The summed E-state index contributed by atoms with van der Waals surface area (Å²) in [5.74, 6) is 1.47. The van der Waals surface area contributed by atoms with Crippen LogP contribution in [-0.4, -0.2) is 74.4 Å². The van der Waals surface area contributed by atoms with Crippen molar-refractivity contribution in [2.24, 2.45) is 0 Å². The second-order valence-electron chi connectivity index (χ2n) is 5.25. The van der Waals surface area contributed by atoms with E-state index in [-0.39, 0.29) is 12.5 Å². The predicted molar refractivity (Wildman–Crippen MR) is 89.9 cm³/mol. The van der Waals surface area contributed by atoms with Crippen LogP contribution in [0.2, 0.25) is 0 Å². The highest BCUT2D eigenvalue weighted by Gasteiger charge is 2.10. The third-order valence-electron chi connectivity index (χ3n) is 3.67. The smallest absolute Gasteiger partial charge is 0.225 e. The van der Waals surface area contributed by atoms with E-state index in [0.717, 1.165) is 18.8 Å². The average molecular weight is 324 g/mol. The van der Waals surface area contributed by atoms with Crippen LogP contribution in [-0.2, 0) is 4.79 Å². The minimum Gasteiger partial charge on any atom is -0.497 e. The van der Waals surface area contributed by atoms with E-state index in [1.54, 1.807) is 25.1 Å².